The van der Waals surface area contributed by atoms with Gasteiger partial charge in [0.1, 0.15) is 5.75 Å². The quantitative estimate of drug-likeness (QED) is 0.771. The number of benzene rings is 2. The van der Waals surface area contributed by atoms with Crippen molar-refractivity contribution in [3.63, 3.8) is 0 Å². The highest BCUT2D eigenvalue weighted by atomic mass is 16.5. The lowest BCUT2D eigenvalue weighted by atomic mass is 9.78. The van der Waals surface area contributed by atoms with Crippen LogP contribution in [0.2, 0.25) is 0 Å². The van der Waals surface area contributed by atoms with Crippen molar-refractivity contribution in [2.75, 3.05) is 13.7 Å². The Balaban J connectivity index is 1.69. The molecular weight excluding hydrogens is 322 g/mol. The molecule has 0 atom stereocenters. The summed E-state index contributed by atoms with van der Waals surface area (Å²) in [5.74, 6) is 0.894. The summed E-state index contributed by atoms with van der Waals surface area (Å²) in [6, 6.07) is 16.3. The number of methoxy groups -OCH3 is 1. The van der Waals surface area contributed by atoms with Crippen LogP contribution in [0, 0.1) is 0 Å². The monoisotopic (exact) mass is 351 g/mol. The Hall–Kier alpha value is -2.29. The van der Waals surface area contributed by atoms with Gasteiger partial charge in [-0.05, 0) is 54.7 Å². The van der Waals surface area contributed by atoms with Crippen molar-refractivity contribution in [3.05, 3.63) is 65.2 Å². The van der Waals surface area contributed by atoms with Crippen LogP contribution in [-0.2, 0) is 11.8 Å². The van der Waals surface area contributed by atoms with Gasteiger partial charge < -0.3 is 10.1 Å². The molecule has 2 aromatic rings. The summed E-state index contributed by atoms with van der Waals surface area (Å²) in [4.78, 5) is 12.6. The molecule has 1 saturated carbocycles. The van der Waals surface area contributed by atoms with Gasteiger partial charge in [-0.1, -0.05) is 50.5 Å². The van der Waals surface area contributed by atoms with E-state index in [1.807, 2.05) is 24.3 Å². The number of carbonyl (C=O) groups excluding carboxylic acids is 1. The molecule has 1 N–H and O–H groups in total. The first-order chi connectivity index (χ1) is 12.7. The molecule has 138 valence electrons. The molecule has 1 fully saturated rings. The van der Waals surface area contributed by atoms with Crippen molar-refractivity contribution in [3.8, 4) is 5.75 Å². The summed E-state index contributed by atoms with van der Waals surface area (Å²) in [5, 5.41) is 3.19. The summed E-state index contributed by atoms with van der Waals surface area (Å²) in [7, 11) is 1.69. The van der Waals surface area contributed by atoms with Crippen LogP contribution in [0.4, 0.5) is 0 Å². The minimum absolute atomic E-state index is 0.0211. The first-order valence-corrected chi connectivity index (χ1v) is 9.68. The fraction of sp³-hybridized carbons (Fsp3) is 0.435. The Morgan fingerprint density at radius 1 is 1.04 bits per heavy atom. The van der Waals surface area contributed by atoms with E-state index in [-0.39, 0.29) is 11.3 Å². The maximum Gasteiger partial charge on any atom is 0.251 e. The molecule has 3 rings (SSSR count). The molecule has 0 radical (unpaired) electrons. The molecule has 0 spiro atoms. The highest BCUT2D eigenvalue weighted by Gasteiger charge is 2.35. The van der Waals surface area contributed by atoms with Gasteiger partial charge in [0.25, 0.3) is 5.91 Å². The summed E-state index contributed by atoms with van der Waals surface area (Å²) in [5.41, 5.74) is 3.38. The summed E-state index contributed by atoms with van der Waals surface area (Å²) in [6.07, 6.45) is 6.85. The van der Waals surface area contributed by atoms with Gasteiger partial charge in [0.05, 0.1) is 7.11 Å². The van der Waals surface area contributed by atoms with Crippen molar-refractivity contribution in [1.29, 1.82) is 0 Å². The van der Waals surface area contributed by atoms with Crippen LogP contribution in [0.15, 0.2) is 48.5 Å². The molecule has 0 saturated heterocycles. The van der Waals surface area contributed by atoms with E-state index >= 15 is 0 Å². The zero-order valence-corrected chi connectivity index (χ0v) is 15.9. The Morgan fingerprint density at radius 2 is 1.69 bits per heavy atom. The van der Waals surface area contributed by atoms with Crippen LogP contribution in [0.3, 0.4) is 0 Å². The lowest BCUT2D eigenvalue weighted by molar-refractivity contribution is 0.0943. The molecule has 1 aliphatic carbocycles. The zero-order valence-electron chi connectivity index (χ0n) is 15.9. The standard InChI is InChI=1S/C23H29NO2/c1-3-6-18-7-9-19(10-8-18)22(25)24-17-23(15-4-5-16-23)20-11-13-21(26-2)14-12-20/h7-14H,3-6,15-17H2,1-2H3,(H,24,25). The zero-order chi connectivity index (χ0) is 18.4. The number of hydrogen-bond acceptors (Lipinski definition) is 2. The van der Waals surface area contributed by atoms with E-state index in [2.05, 4.69) is 36.5 Å². The van der Waals surface area contributed by atoms with Gasteiger partial charge >= 0.3 is 0 Å². The van der Waals surface area contributed by atoms with Crippen LogP contribution in [0.5, 0.6) is 5.75 Å². The number of nitrogens with one attached hydrogen (secondary N) is 1. The largest absolute Gasteiger partial charge is 0.497 e. The third-order valence-electron chi connectivity index (χ3n) is 5.61. The number of aryl methyl sites for hydroxylation is 1. The first kappa shape index (κ1) is 18.5. The number of carbonyl (C=O) groups is 1. The predicted octanol–water partition coefficient (Wildman–Crippen LogP) is 4.89. The highest BCUT2D eigenvalue weighted by Crippen LogP contribution is 2.41. The van der Waals surface area contributed by atoms with Crippen molar-refractivity contribution in [1.82, 2.24) is 5.32 Å². The van der Waals surface area contributed by atoms with Crippen molar-refractivity contribution in [2.24, 2.45) is 0 Å². The molecule has 1 amide bonds. The normalized spacial score (nSPS) is 15.6. The highest BCUT2D eigenvalue weighted by molar-refractivity contribution is 5.94. The molecule has 0 aliphatic heterocycles. The fourth-order valence-corrected chi connectivity index (χ4v) is 4.03. The lowest BCUT2D eigenvalue weighted by Gasteiger charge is -2.30. The third kappa shape index (κ3) is 4.09. The molecular formula is C23H29NO2. The van der Waals surface area contributed by atoms with Crippen LogP contribution in [-0.4, -0.2) is 19.6 Å². The Morgan fingerprint density at radius 3 is 2.27 bits per heavy atom. The van der Waals surface area contributed by atoms with Crippen LogP contribution >= 0.6 is 0 Å². The maximum absolute atomic E-state index is 12.6. The summed E-state index contributed by atoms with van der Waals surface area (Å²) >= 11 is 0. The van der Waals surface area contributed by atoms with Crippen LogP contribution in [0.1, 0.15) is 60.5 Å². The summed E-state index contributed by atoms with van der Waals surface area (Å²) < 4.78 is 5.28. The minimum atomic E-state index is 0.0211. The lowest BCUT2D eigenvalue weighted by Crippen LogP contribution is -2.39. The van der Waals surface area contributed by atoms with Gasteiger partial charge in [-0.2, -0.15) is 0 Å². The molecule has 0 aromatic heterocycles. The molecule has 3 nitrogen and oxygen atoms in total. The second-order valence-corrected chi connectivity index (χ2v) is 7.35. The topological polar surface area (TPSA) is 38.3 Å². The van der Waals surface area contributed by atoms with E-state index in [4.69, 9.17) is 4.74 Å². The molecule has 2 aromatic carbocycles. The van der Waals surface area contributed by atoms with Gasteiger partial charge in [-0.3, -0.25) is 4.79 Å². The average molecular weight is 351 g/mol. The smallest absolute Gasteiger partial charge is 0.251 e. The Bertz CT molecular complexity index is 713. The summed E-state index contributed by atoms with van der Waals surface area (Å²) in [6.45, 7) is 2.86. The van der Waals surface area contributed by atoms with Crippen molar-refractivity contribution >= 4 is 5.91 Å². The average Bonchev–Trinajstić information content (AvgIpc) is 3.17. The number of ether oxygens (including phenoxy) is 1. The fourth-order valence-electron chi connectivity index (χ4n) is 4.03. The second-order valence-electron chi connectivity index (χ2n) is 7.35. The Labute approximate surface area is 156 Å². The van der Waals surface area contributed by atoms with Gasteiger partial charge in [-0.15, -0.1) is 0 Å². The van der Waals surface area contributed by atoms with Gasteiger partial charge in [0.2, 0.25) is 0 Å². The molecule has 0 heterocycles. The van der Waals surface area contributed by atoms with Gasteiger partial charge in [0.15, 0.2) is 0 Å². The number of amides is 1. The van der Waals surface area contributed by atoms with E-state index in [9.17, 15) is 4.79 Å². The van der Waals surface area contributed by atoms with Gasteiger partial charge in [0, 0.05) is 17.5 Å². The first-order valence-electron chi connectivity index (χ1n) is 9.68. The second kappa shape index (κ2) is 8.39. The predicted molar refractivity (Wildman–Crippen MR) is 106 cm³/mol. The van der Waals surface area contributed by atoms with E-state index in [0.717, 1.165) is 37.0 Å². The number of hydrogen-bond donors (Lipinski definition) is 1. The van der Waals surface area contributed by atoms with Gasteiger partial charge in [-0.25, -0.2) is 0 Å². The van der Waals surface area contributed by atoms with Crippen molar-refractivity contribution in [2.45, 2.75) is 50.9 Å². The van der Waals surface area contributed by atoms with Crippen LogP contribution < -0.4 is 10.1 Å². The van der Waals surface area contributed by atoms with Crippen molar-refractivity contribution < 1.29 is 9.53 Å². The van der Waals surface area contributed by atoms with Crippen LogP contribution in [0.25, 0.3) is 0 Å². The van der Waals surface area contributed by atoms with E-state index in [1.165, 1.54) is 24.0 Å². The van der Waals surface area contributed by atoms with E-state index in [0.29, 0.717) is 6.54 Å². The number of rotatable bonds is 7. The molecule has 0 unspecified atom stereocenters. The molecule has 1 aliphatic rings. The Kier molecular flexibility index (Phi) is 5.97. The molecule has 0 bridgehead atoms. The third-order valence-corrected chi connectivity index (χ3v) is 5.61. The van der Waals surface area contributed by atoms with E-state index < -0.39 is 0 Å². The molecule has 3 heteroatoms. The van der Waals surface area contributed by atoms with E-state index in [1.54, 1.807) is 7.11 Å². The minimum Gasteiger partial charge on any atom is -0.497 e. The molecule has 26 heavy (non-hydrogen) atoms. The maximum atomic E-state index is 12.6. The SMILES string of the molecule is CCCc1ccc(C(=O)NCC2(c3ccc(OC)cc3)CCCC2)cc1.